The molecule has 1 saturated carbocycles. The van der Waals surface area contributed by atoms with E-state index in [1.54, 1.807) is 18.3 Å². The number of methoxy groups -OCH3 is 1. The van der Waals surface area contributed by atoms with Crippen molar-refractivity contribution in [3.8, 4) is 17.4 Å². The molecule has 3 N–H and O–H groups in total. The molecule has 5 rings (SSSR count). The van der Waals surface area contributed by atoms with E-state index in [2.05, 4.69) is 25.6 Å². The van der Waals surface area contributed by atoms with E-state index in [9.17, 15) is 14.3 Å². The van der Waals surface area contributed by atoms with Crippen molar-refractivity contribution in [1.29, 1.82) is 0 Å². The molecule has 0 bridgehead atoms. The van der Waals surface area contributed by atoms with Crippen molar-refractivity contribution >= 4 is 22.6 Å². The van der Waals surface area contributed by atoms with Gasteiger partial charge in [0.05, 0.1) is 36.8 Å². The van der Waals surface area contributed by atoms with Gasteiger partial charge in [0.15, 0.2) is 17.3 Å². The van der Waals surface area contributed by atoms with Crippen molar-refractivity contribution in [3.63, 3.8) is 0 Å². The number of hydrogen-bond acceptors (Lipinski definition) is 9. The lowest BCUT2D eigenvalue weighted by molar-refractivity contribution is -0.119. The van der Waals surface area contributed by atoms with Crippen LogP contribution in [0.15, 0.2) is 30.6 Å². The third-order valence-electron chi connectivity index (χ3n) is 6.33. The number of halogens is 1. The fraction of sp³-hybridized carbons (Fsp3) is 0.417. The Hall–Kier alpha value is -3.57. The molecule has 1 aliphatic heterocycles. The van der Waals surface area contributed by atoms with Crippen LogP contribution < -0.4 is 24.8 Å². The SMILES string of the molecule is COc1ccc2ncc(F)c(NC(=O)[C@@H]3CC(O)[C@@H](CNCc4cc5c(cn4)OCCO5)C3)c2n1. The molecule has 3 aromatic rings. The van der Waals surface area contributed by atoms with Gasteiger partial charge in [-0.3, -0.25) is 14.8 Å². The molecular formula is C24H26FN5O5. The van der Waals surface area contributed by atoms with Crippen molar-refractivity contribution in [2.75, 3.05) is 32.2 Å². The van der Waals surface area contributed by atoms with Crippen LogP contribution in [-0.2, 0) is 11.3 Å². The predicted octanol–water partition coefficient (Wildman–Crippen LogP) is 2.06. The maximum atomic E-state index is 14.5. The Labute approximate surface area is 200 Å². The average Bonchev–Trinajstić information content (AvgIpc) is 3.25. The maximum Gasteiger partial charge on any atom is 0.227 e. The number of ether oxygens (including phenoxy) is 3. The molecule has 3 aromatic heterocycles. The van der Waals surface area contributed by atoms with Gasteiger partial charge in [-0.15, -0.1) is 0 Å². The van der Waals surface area contributed by atoms with Crippen LogP contribution in [0.1, 0.15) is 18.5 Å². The molecule has 2 aliphatic rings. The first kappa shape index (κ1) is 23.2. The van der Waals surface area contributed by atoms with Crippen LogP contribution in [-0.4, -0.2) is 58.9 Å². The number of anilines is 1. The van der Waals surface area contributed by atoms with Crippen molar-refractivity contribution in [2.45, 2.75) is 25.5 Å². The quantitative estimate of drug-likeness (QED) is 0.463. The molecule has 35 heavy (non-hydrogen) atoms. The van der Waals surface area contributed by atoms with Crippen LogP contribution in [0.3, 0.4) is 0 Å². The number of nitrogens with zero attached hydrogens (tertiary/aromatic N) is 3. The third kappa shape index (κ3) is 4.96. The largest absolute Gasteiger partial charge is 0.486 e. The first-order valence-corrected chi connectivity index (χ1v) is 11.4. The molecule has 0 aromatic carbocycles. The standard InChI is InChI=1S/C24H26FN5O5/c1-33-21-3-2-17-23(29-21)22(16(25)11-28-17)30-24(32)13-6-14(18(31)7-13)9-26-10-15-8-19-20(12-27-15)35-5-4-34-19/h2-3,8,11-14,18,26,31H,4-7,9-10H2,1H3,(H,28,30,32)/t13-,14+,18?/m0/s1. The summed E-state index contributed by atoms with van der Waals surface area (Å²) in [6.07, 6.45) is 2.80. The predicted molar refractivity (Wildman–Crippen MR) is 124 cm³/mol. The first-order valence-electron chi connectivity index (χ1n) is 11.4. The Morgan fingerprint density at radius 3 is 2.86 bits per heavy atom. The highest BCUT2D eigenvalue weighted by molar-refractivity contribution is 6.00. The molecule has 1 unspecified atom stereocenters. The van der Waals surface area contributed by atoms with Gasteiger partial charge in [-0.2, -0.15) is 0 Å². The molecule has 10 nitrogen and oxygen atoms in total. The Morgan fingerprint density at radius 1 is 1.20 bits per heavy atom. The van der Waals surface area contributed by atoms with Gasteiger partial charge < -0.3 is 30.0 Å². The van der Waals surface area contributed by atoms with Crippen LogP contribution in [0.25, 0.3) is 11.0 Å². The highest BCUT2D eigenvalue weighted by atomic mass is 19.1. The maximum absolute atomic E-state index is 14.5. The molecule has 0 saturated heterocycles. The van der Waals surface area contributed by atoms with Crippen molar-refractivity contribution < 1.29 is 28.5 Å². The van der Waals surface area contributed by atoms with Crippen LogP contribution >= 0.6 is 0 Å². The van der Waals surface area contributed by atoms with Gasteiger partial charge in [0.2, 0.25) is 11.8 Å². The summed E-state index contributed by atoms with van der Waals surface area (Å²) in [6, 6.07) is 5.09. The summed E-state index contributed by atoms with van der Waals surface area (Å²) in [5.41, 5.74) is 1.39. The Kier molecular flexibility index (Phi) is 6.60. The summed E-state index contributed by atoms with van der Waals surface area (Å²) in [7, 11) is 1.46. The van der Waals surface area contributed by atoms with Crippen LogP contribution in [0.4, 0.5) is 10.1 Å². The van der Waals surface area contributed by atoms with E-state index in [4.69, 9.17) is 14.2 Å². The topological polar surface area (TPSA) is 128 Å². The van der Waals surface area contributed by atoms with Crippen molar-refractivity contribution in [1.82, 2.24) is 20.3 Å². The second kappa shape index (κ2) is 9.96. The van der Waals surface area contributed by atoms with Gasteiger partial charge in [-0.25, -0.2) is 9.37 Å². The molecule has 3 atom stereocenters. The zero-order valence-corrected chi connectivity index (χ0v) is 19.2. The minimum absolute atomic E-state index is 0.0420. The number of pyridine rings is 3. The van der Waals surface area contributed by atoms with Gasteiger partial charge in [0.1, 0.15) is 24.4 Å². The summed E-state index contributed by atoms with van der Waals surface area (Å²) in [5, 5.41) is 16.5. The molecule has 0 spiro atoms. The zero-order valence-electron chi connectivity index (χ0n) is 19.2. The van der Waals surface area contributed by atoms with Gasteiger partial charge in [-0.05, 0) is 24.8 Å². The third-order valence-corrected chi connectivity index (χ3v) is 6.33. The molecule has 4 heterocycles. The van der Waals surface area contributed by atoms with Crippen LogP contribution in [0.2, 0.25) is 0 Å². The summed E-state index contributed by atoms with van der Waals surface area (Å²) in [5.74, 6) is -0.0462. The lowest BCUT2D eigenvalue weighted by atomic mass is 10.0. The van der Waals surface area contributed by atoms with Crippen molar-refractivity contribution in [2.24, 2.45) is 11.8 Å². The molecular weight excluding hydrogens is 457 g/mol. The fourth-order valence-electron chi connectivity index (χ4n) is 4.49. The molecule has 0 radical (unpaired) electrons. The normalized spacial score (nSPS) is 21.2. The van der Waals surface area contributed by atoms with E-state index >= 15 is 0 Å². The zero-order chi connectivity index (χ0) is 24.4. The van der Waals surface area contributed by atoms with E-state index in [-0.39, 0.29) is 28.9 Å². The van der Waals surface area contributed by atoms with E-state index in [0.717, 1.165) is 11.9 Å². The summed E-state index contributed by atoms with van der Waals surface area (Å²) >= 11 is 0. The number of aromatic nitrogens is 3. The van der Waals surface area contributed by atoms with Crippen LogP contribution in [0, 0.1) is 17.7 Å². The second-order valence-electron chi connectivity index (χ2n) is 8.64. The minimum Gasteiger partial charge on any atom is -0.486 e. The smallest absolute Gasteiger partial charge is 0.227 e. The van der Waals surface area contributed by atoms with Gasteiger partial charge in [-0.1, -0.05) is 0 Å². The molecule has 1 fully saturated rings. The highest BCUT2D eigenvalue weighted by Gasteiger charge is 2.37. The lowest BCUT2D eigenvalue weighted by Crippen LogP contribution is -2.28. The lowest BCUT2D eigenvalue weighted by Gasteiger charge is -2.19. The molecule has 11 heteroatoms. The summed E-state index contributed by atoms with van der Waals surface area (Å²) < 4.78 is 30.7. The fourth-order valence-corrected chi connectivity index (χ4v) is 4.49. The van der Waals surface area contributed by atoms with E-state index < -0.39 is 17.8 Å². The number of rotatable bonds is 7. The Bertz CT molecular complexity index is 1240. The van der Waals surface area contributed by atoms with Crippen LogP contribution in [0.5, 0.6) is 17.4 Å². The number of amides is 1. The van der Waals surface area contributed by atoms with E-state index in [1.807, 2.05) is 6.07 Å². The van der Waals surface area contributed by atoms with E-state index in [0.29, 0.717) is 56.2 Å². The molecule has 1 amide bonds. The Balaban J connectivity index is 1.19. The number of nitrogens with one attached hydrogen (secondary N) is 2. The molecule has 1 aliphatic carbocycles. The second-order valence-corrected chi connectivity index (χ2v) is 8.64. The number of aliphatic hydroxyl groups is 1. The highest BCUT2D eigenvalue weighted by Crippen LogP contribution is 2.34. The number of aliphatic hydroxyl groups excluding tert-OH is 1. The minimum atomic E-state index is -0.685. The number of carbonyl (C=O) groups is 1. The first-order chi connectivity index (χ1) is 17.0. The number of carbonyl (C=O) groups excluding carboxylic acids is 1. The van der Waals surface area contributed by atoms with Crippen molar-refractivity contribution in [3.05, 3.63) is 42.1 Å². The monoisotopic (exact) mass is 483 g/mol. The van der Waals surface area contributed by atoms with E-state index in [1.165, 1.54) is 7.11 Å². The summed E-state index contributed by atoms with van der Waals surface area (Å²) in [4.78, 5) is 25.6. The number of fused-ring (bicyclic) bond motifs is 2. The average molecular weight is 484 g/mol. The Morgan fingerprint density at radius 2 is 2.03 bits per heavy atom. The number of hydrogen-bond donors (Lipinski definition) is 3. The van der Waals surface area contributed by atoms with Gasteiger partial charge >= 0.3 is 0 Å². The van der Waals surface area contributed by atoms with Gasteiger partial charge in [0.25, 0.3) is 0 Å². The molecule has 184 valence electrons. The van der Waals surface area contributed by atoms with Gasteiger partial charge in [0, 0.05) is 31.1 Å². The summed E-state index contributed by atoms with van der Waals surface area (Å²) in [6.45, 7) is 2.00.